The van der Waals surface area contributed by atoms with Crippen LogP contribution in [-0.4, -0.2) is 19.2 Å². The van der Waals surface area contributed by atoms with E-state index in [0.29, 0.717) is 12.5 Å². The van der Waals surface area contributed by atoms with Gasteiger partial charge >= 0.3 is 0 Å². The maximum Gasteiger partial charge on any atom is 0.0772 e. The van der Waals surface area contributed by atoms with Crippen molar-refractivity contribution in [1.29, 1.82) is 0 Å². The van der Waals surface area contributed by atoms with Crippen LogP contribution < -0.4 is 5.32 Å². The fourth-order valence-electron chi connectivity index (χ4n) is 2.88. The van der Waals surface area contributed by atoms with Crippen LogP contribution in [0.15, 0.2) is 48.5 Å². The third-order valence-electron chi connectivity index (χ3n) is 4.10. The Bertz CT molecular complexity index is 597. The van der Waals surface area contributed by atoms with Gasteiger partial charge in [-0.15, -0.1) is 0 Å². The van der Waals surface area contributed by atoms with E-state index < -0.39 is 0 Å². The summed E-state index contributed by atoms with van der Waals surface area (Å²) in [4.78, 5) is 0. The number of nitrogens with one attached hydrogen (secondary N) is 1. The zero-order chi connectivity index (χ0) is 15.4. The molecular formula is C18H19Cl2NO. The molecule has 0 amide bonds. The molecule has 1 fully saturated rings. The van der Waals surface area contributed by atoms with Crippen LogP contribution in [0.5, 0.6) is 0 Å². The van der Waals surface area contributed by atoms with Gasteiger partial charge in [-0.25, -0.2) is 0 Å². The van der Waals surface area contributed by atoms with E-state index in [4.69, 9.17) is 27.9 Å². The molecule has 1 N–H and O–H groups in total. The molecule has 0 aliphatic carbocycles. The first-order valence-corrected chi connectivity index (χ1v) is 8.30. The third-order valence-corrected chi connectivity index (χ3v) is 4.61. The average Bonchev–Trinajstić information content (AvgIpc) is 2.55. The van der Waals surface area contributed by atoms with Crippen LogP contribution in [0.3, 0.4) is 0 Å². The summed E-state index contributed by atoms with van der Waals surface area (Å²) in [7, 11) is 0. The van der Waals surface area contributed by atoms with Gasteiger partial charge in [0.05, 0.1) is 12.7 Å². The number of benzene rings is 2. The summed E-state index contributed by atoms with van der Waals surface area (Å²) in [5.41, 5.74) is 2.44. The largest absolute Gasteiger partial charge is 0.372 e. The van der Waals surface area contributed by atoms with Crippen LogP contribution >= 0.6 is 23.2 Å². The van der Waals surface area contributed by atoms with Crippen molar-refractivity contribution in [2.24, 2.45) is 0 Å². The molecule has 2 aromatic rings. The molecule has 116 valence electrons. The third kappa shape index (κ3) is 4.02. The van der Waals surface area contributed by atoms with Crippen LogP contribution in [-0.2, 0) is 11.3 Å². The second-order valence-corrected chi connectivity index (χ2v) is 6.50. The molecule has 2 aromatic carbocycles. The lowest BCUT2D eigenvalue weighted by atomic mass is 9.88. The number of halogens is 2. The summed E-state index contributed by atoms with van der Waals surface area (Å²) >= 11 is 11.9. The van der Waals surface area contributed by atoms with Gasteiger partial charge in [-0.3, -0.25) is 0 Å². The van der Waals surface area contributed by atoms with Gasteiger partial charge in [-0.2, -0.15) is 0 Å². The van der Waals surface area contributed by atoms with Crippen molar-refractivity contribution in [3.63, 3.8) is 0 Å². The highest BCUT2D eigenvalue weighted by Gasteiger charge is 2.27. The van der Waals surface area contributed by atoms with E-state index in [2.05, 4.69) is 17.4 Å². The molecule has 1 aliphatic heterocycles. The van der Waals surface area contributed by atoms with Crippen molar-refractivity contribution < 1.29 is 4.74 Å². The van der Waals surface area contributed by atoms with Crippen molar-refractivity contribution >= 4 is 23.2 Å². The molecule has 0 aromatic heterocycles. The molecule has 2 unspecified atom stereocenters. The molecule has 1 heterocycles. The van der Waals surface area contributed by atoms with Gasteiger partial charge in [0.25, 0.3) is 0 Å². The van der Waals surface area contributed by atoms with Gasteiger partial charge in [-0.05, 0) is 48.4 Å². The highest BCUT2D eigenvalue weighted by molar-refractivity contribution is 6.30. The molecule has 4 heteroatoms. The maximum atomic E-state index is 6.17. The average molecular weight is 336 g/mol. The second-order valence-electron chi connectivity index (χ2n) is 5.63. The minimum Gasteiger partial charge on any atom is -0.372 e. The highest BCUT2D eigenvalue weighted by Crippen LogP contribution is 2.29. The van der Waals surface area contributed by atoms with Crippen molar-refractivity contribution in [1.82, 2.24) is 5.32 Å². The van der Waals surface area contributed by atoms with Crippen LogP contribution in [0.4, 0.5) is 0 Å². The fraction of sp³-hybridized carbons (Fsp3) is 0.333. The van der Waals surface area contributed by atoms with Gasteiger partial charge < -0.3 is 10.1 Å². The van der Waals surface area contributed by atoms with Gasteiger partial charge in [0.1, 0.15) is 0 Å². The molecular weight excluding hydrogens is 317 g/mol. The van der Waals surface area contributed by atoms with Gasteiger partial charge in [0.15, 0.2) is 0 Å². The summed E-state index contributed by atoms with van der Waals surface area (Å²) in [6, 6.07) is 15.9. The molecule has 22 heavy (non-hydrogen) atoms. The Labute approximate surface area is 141 Å². The Balaban J connectivity index is 1.67. The number of rotatable bonds is 4. The molecule has 1 saturated heterocycles. The van der Waals surface area contributed by atoms with Crippen molar-refractivity contribution in [3.8, 4) is 0 Å². The van der Waals surface area contributed by atoms with Crippen LogP contribution in [0.1, 0.15) is 23.5 Å². The number of hydrogen-bond acceptors (Lipinski definition) is 2. The second kappa shape index (κ2) is 7.47. The lowest BCUT2D eigenvalue weighted by molar-refractivity contribution is 0.0106. The Morgan fingerprint density at radius 1 is 0.955 bits per heavy atom. The smallest absolute Gasteiger partial charge is 0.0772 e. The molecule has 1 aliphatic rings. The zero-order valence-corrected chi connectivity index (χ0v) is 13.8. The first kappa shape index (κ1) is 15.8. The molecule has 0 spiro atoms. The summed E-state index contributed by atoms with van der Waals surface area (Å²) in [6.07, 6.45) is 1.25. The number of piperidine rings is 1. The molecule has 3 rings (SSSR count). The monoisotopic (exact) mass is 335 g/mol. The Kier molecular flexibility index (Phi) is 5.37. The summed E-state index contributed by atoms with van der Waals surface area (Å²) in [5.74, 6) is 0.408. The lowest BCUT2D eigenvalue weighted by Gasteiger charge is -2.32. The highest BCUT2D eigenvalue weighted by atomic mass is 35.5. The number of ether oxygens (including phenoxy) is 1. The SMILES string of the molecule is Clc1ccc(COC2CNCCC2c2ccc(Cl)cc2)cc1. The van der Waals surface area contributed by atoms with Gasteiger partial charge in [0.2, 0.25) is 0 Å². The number of hydrogen-bond donors (Lipinski definition) is 1. The van der Waals surface area contributed by atoms with E-state index in [9.17, 15) is 0 Å². The lowest BCUT2D eigenvalue weighted by Crippen LogP contribution is -2.40. The predicted octanol–water partition coefficient (Wildman–Crippen LogP) is 4.66. The molecule has 2 atom stereocenters. The maximum absolute atomic E-state index is 6.17. The minimum absolute atomic E-state index is 0.172. The summed E-state index contributed by atoms with van der Waals surface area (Å²) < 4.78 is 6.17. The first-order chi connectivity index (χ1) is 10.7. The summed E-state index contributed by atoms with van der Waals surface area (Å²) in [6.45, 7) is 2.50. The van der Waals surface area contributed by atoms with Gasteiger partial charge in [-0.1, -0.05) is 47.5 Å². The Morgan fingerprint density at radius 2 is 1.59 bits per heavy atom. The van der Waals surface area contributed by atoms with Crippen LogP contribution in [0, 0.1) is 0 Å². The van der Waals surface area contributed by atoms with E-state index in [-0.39, 0.29) is 6.10 Å². The Hall–Kier alpha value is -1.06. The van der Waals surface area contributed by atoms with E-state index in [0.717, 1.165) is 35.1 Å². The molecule has 2 nitrogen and oxygen atoms in total. The fourth-order valence-corrected chi connectivity index (χ4v) is 3.13. The van der Waals surface area contributed by atoms with Crippen molar-refractivity contribution in [2.75, 3.05) is 13.1 Å². The van der Waals surface area contributed by atoms with E-state index in [1.807, 2.05) is 36.4 Å². The molecule has 0 saturated carbocycles. The standard InChI is InChI=1S/C18H19Cl2NO/c19-15-5-1-13(2-6-15)12-22-18-11-21-10-9-17(18)14-3-7-16(20)8-4-14/h1-8,17-18,21H,9-12H2. The van der Waals surface area contributed by atoms with Crippen molar-refractivity contribution in [3.05, 3.63) is 69.7 Å². The van der Waals surface area contributed by atoms with Gasteiger partial charge in [0, 0.05) is 22.5 Å². The predicted molar refractivity (Wildman–Crippen MR) is 91.7 cm³/mol. The Morgan fingerprint density at radius 3 is 2.27 bits per heavy atom. The van der Waals surface area contributed by atoms with Crippen LogP contribution in [0.2, 0.25) is 10.0 Å². The normalized spacial score (nSPS) is 21.7. The van der Waals surface area contributed by atoms with Crippen molar-refractivity contribution in [2.45, 2.75) is 25.0 Å². The summed E-state index contributed by atoms with van der Waals surface area (Å²) in [5, 5.41) is 4.95. The molecule has 0 bridgehead atoms. The van der Waals surface area contributed by atoms with E-state index >= 15 is 0 Å². The minimum atomic E-state index is 0.172. The van der Waals surface area contributed by atoms with E-state index in [1.54, 1.807) is 0 Å². The van der Waals surface area contributed by atoms with Crippen LogP contribution in [0.25, 0.3) is 0 Å². The van der Waals surface area contributed by atoms with E-state index in [1.165, 1.54) is 5.56 Å². The zero-order valence-electron chi connectivity index (χ0n) is 12.3. The molecule has 0 radical (unpaired) electrons. The topological polar surface area (TPSA) is 21.3 Å². The first-order valence-electron chi connectivity index (χ1n) is 7.54. The quantitative estimate of drug-likeness (QED) is 0.877.